The van der Waals surface area contributed by atoms with Gasteiger partial charge in [0.05, 0.1) is 0 Å². The first-order valence-electron chi connectivity index (χ1n) is 5.11. The van der Waals surface area contributed by atoms with E-state index in [9.17, 15) is 4.57 Å². The first kappa shape index (κ1) is 14.5. The Balaban J connectivity index is 0.000000492. The van der Waals surface area contributed by atoms with Gasteiger partial charge in [-0.05, 0) is 14.1 Å². The molecule has 0 saturated heterocycles. The van der Waals surface area contributed by atoms with Crippen LogP contribution in [0.2, 0.25) is 0 Å². The van der Waals surface area contributed by atoms with Crippen LogP contribution in [0.4, 0.5) is 0 Å². The molecule has 0 saturated carbocycles. The van der Waals surface area contributed by atoms with Gasteiger partial charge in [0.25, 0.3) is 0 Å². The van der Waals surface area contributed by atoms with Crippen LogP contribution < -0.4 is 10.9 Å². The highest BCUT2D eigenvalue weighted by Crippen LogP contribution is 2.31. The number of aromatic amines is 1. The second-order valence-corrected chi connectivity index (χ2v) is 4.90. The Labute approximate surface area is 104 Å². The topological polar surface area (TPSA) is 111 Å². The molecule has 0 atom stereocenters. The molecule has 1 aromatic carbocycles. The lowest BCUT2D eigenvalue weighted by Gasteiger charge is -1.95. The van der Waals surface area contributed by atoms with Gasteiger partial charge in [0, 0.05) is 5.56 Å². The standard InChI is InChI=1S/C8H8N3O3P.C2H7N/c12-15(13,14)8-9-7(10-11-8)6-4-2-1-3-5-6;1-3-2/h1-5H,(H,9,10,11)(H2,12,13,14);3H,1-2H3. The molecule has 4 N–H and O–H groups in total. The lowest BCUT2D eigenvalue weighted by molar-refractivity contribution is 0.385. The van der Waals surface area contributed by atoms with Crippen molar-refractivity contribution in [1.29, 1.82) is 0 Å². The van der Waals surface area contributed by atoms with E-state index in [-0.39, 0.29) is 5.82 Å². The third-order valence-electron chi connectivity index (χ3n) is 1.78. The van der Waals surface area contributed by atoms with Crippen LogP contribution in [-0.2, 0) is 4.57 Å². The zero-order chi connectivity index (χ0) is 13.6. The van der Waals surface area contributed by atoms with E-state index in [4.69, 9.17) is 9.79 Å². The van der Waals surface area contributed by atoms with Crippen molar-refractivity contribution in [2.75, 3.05) is 14.1 Å². The van der Waals surface area contributed by atoms with E-state index in [0.29, 0.717) is 5.56 Å². The monoisotopic (exact) mass is 270 g/mol. The number of H-pyrrole nitrogens is 1. The number of nitrogens with zero attached hydrogens (tertiary/aromatic N) is 2. The molecule has 7 nitrogen and oxygen atoms in total. The van der Waals surface area contributed by atoms with Crippen molar-refractivity contribution in [3.8, 4) is 11.4 Å². The maximum absolute atomic E-state index is 10.8. The second-order valence-electron chi connectivity index (χ2n) is 3.39. The molecule has 0 spiro atoms. The maximum atomic E-state index is 10.8. The van der Waals surface area contributed by atoms with Crippen molar-refractivity contribution in [1.82, 2.24) is 20.5 Å². The van der Waals surface area contributed by atoms with Gasteiger partial charge in [-0.2, -0.15) is 10.1 Å². The molecule has 0 aliphatic heterocycles. The molecule has 0 unspecified atom stereocenters. The predicted octanol–water partition coefficient (Wildman–Crippen LogP) is 0.110. The van der Waals surface area contributed by atoms with Crippen molar-refractivity contribution in [3.63, 3.8) is 0 Å². The van der Waals surface area contributed by atoms with Crippen LogP contribution in [0.5, 0.6) is 0 Å². The van der Waals surface area contributed by atoms with E-state index in [1.165, 1.54) is 0 Å². The molecule has 0 fully saturated rings. The number of hydrogen-bond donors (Lipinski definition) is 4. The van der Waals surface area contributed by atoms with Crippen LogP contribution in [0.15, 0.2) is 30.3 Å². The summed E-state index contributed by atoms with van der Waals surface area (Å²) in [5, 5.41) is 8.69. The van der Waals surface area contributed by atoms with E-state index in [2.05, 4.69) is 20.5 Å². The summed E-state index contributed by atoms with van der Waals surface area (Å²) in [4.78, 5) is 21.4. The first-order chi connectivity index (χ1) is 8.49. The molecular formula is C10H15N4O3P. The van der Waals surface area contributed by atoms with Gasteiger partial charge >= 0.3 is 7.60 Å². The van der Waals surface area contributed by atoms with Gasteiger partial charge in [0.1, 0.15) is 0 Å². The molecule has 1 heterocycles. The molecule has 0 aliphatic rings. The third kappa shape index (κ3) is 4.05. The van der Waals surface area contributed by atoms with Gasteiger partial charge in [-0.1, -0.05) is 30.3 Å². The van der Waals surface area contributed by atoms with Gasteiger partial charge in [0.2, 0.25) is 5.57 Å². The molecular weight excluding hydrogens is 255 g/mol. The largest absolute Gasteiger partial charge is 0.392 e. The van der Waals surface area contributed by atoms with Crippen molar-refractivity contribution in [2.45, 2.75) is 0 Å². The van der Waals surface area contributed by atoms with E-state index < -0.39 is 13.2 Å². The third-order valence-corrected chi connectivity index (χ3v) is 2.53. The molecule has 0 bridgehead atoms. The molecule has 8 heteroatoms. The summed E-state index contributed by atoms with van der Waals surface area (Å²) < 4.78 is 10.8. The lowest BCUT2D eigenvalue weighted by Crippen LogP contribution is -2.08. The van der Waals surface area contributed by atoms with E-state index in [0.717, 1.165) is 0 Å². The minimum Gasteiger partial charge on any atom is -0.323 e. The molecule has 0 radical (unpaired) electrons. The number of aromatic nitrogens is 3. The maximum Gasteiger partial charge on any atom is 0.392 e. The Kier molecular flexibility index (Phi) is 5.18. The number of rotatable bonds is 2. The highest BCUT2D eigenvalue weighted by atomic mass is 31.2. The van der Waals surface area contributed by atoms with Crippen molar-refractivity contribution in [2.24, 2.45) is 0 Å². The molecule has 0 aliphatic carbocycles. The first-order valence-corrected chi connectivity index (χ1v) is 6.72. The molecule has 18 heavy (non-hydrogen) atoms. The molecule has 2 rings (SSSR count). The van der Waals surface area contributed by atoms with Crippen molar-refractivity contribution >= 4 is 13.2 Å². The van der Waals surface area contributed by atoms with Crippen LogP contribution in [0, 0.1) is 0 Å². The van der Waals surface area contributed by atoms with Crippen molar-refractivity contribution in [3.05, 3.63) is 30.3 Å². The van der Waals surface area contributed by atoms with Gasteiger partial charge < -0.3 is 15.1 Å². The van der Waals surface area contributed by atoms with Gasteiger partial charge in [0.15, 0.2) is 5.82 Å². The summed E-state index contributed by atoms with van der Waals surface area (Å²) in [5.41, 5.74) is 0.287. The minimum atomic E-state index is -4.35. The second kappa shape index (κ2) is 6.42. The zero-order valence-electron chi connectivity index (χ0n) is 10.0. The number of benzene rings is 1. The Hall–Kier alpha value is -1.53. The molecule has 1 aromatic heterocycles. The minimum absolute atomic E-state index is 0.272. The fourth-order valence-corrected chi connectivity index (χ4v) is 1.51. The lowest BCUT2D eigenvalue weighted by atomic mass is 10.2. The molecule has 2 aromatic rings. The van der Waals surface area contributed by atoms with Crippen LogP contribution in [0.3, 0.4) is 0 Å². The fraction of sp³-hybridized carbons (Fsp3) is 0.200. The Morgan fingerprint density at radius 1 is 1.22 bits per heavy atom. The average molecular weight is 270 g/mol. The fourth-order valence-electron chi connectivity index (χ4n) is 1.10. The highest BCUT2D eigenvalue weighted by molar-refractivity contribution is 7.59. The quantitative estimate of drug-likeness (QED) is 0.576. The SMILES string of the molecule is CNC.O=P(O)(O)c1nc(-c2ccccc2)n[nH]1. The highest BCUT2D eigenvalue weighted by Gasteiger charge is 2.22. The number of hydrogen-bond acceptors (Lipinski definition) is 4. The smallest absolute Gasteiger partial charge is 0.323 e. The Morgan fingerprint density at radius 3 is 2.22 bits per heavy atom. The zero-order valence-corrected chi connectivity index (χ0v) is 10.9. The van der Waals surface area contributed by atoms with E-state index in [1.807, 2.05) is 20.2 Å². The summed E-state index contributed by atoms with van der Waals surface area (Å²) in [7, 11) is -0.597. The van der Waals surface area contributed by atoms with Crippen LogP contribution in [0.1, 0.15) is 0 Å². The molecule has 0 amide bonds. The summed E-state index contributed by atoms with van der Waals surface area (Å²) in [6.07, 6.45) is 0. The summed E-state index contributed by atoms with van der Waals surface area (Å²) in [6.45, 7) is 0. The van der Waals surface area contributed by atoms with Crippen LogP contribution in [0.25, 0.3) is 11.4 Å². The van der Waals surface area contributed by atoms with Crippen LogP contribution in [-0.4, -0.2) is 39.1 Å². The van der Waals surface area contributed by atoms with E-state index >= 15 is 0 Å². The Morgan fingerprint density at radius 2 is 1.78 bits per heavy atom. The summed E-state index contributed by atoms with van der Waals surface area (Å²) >= 11 is 0. The Bertz CT molecular complexity index is 523. The van der Waals surface area contributed by atoms with Gasteiger partial charge in [-0.3, -0.25) is 9.66 Å². The average Bonchev–Trinajstić information content (AvgIpc) is 2.80. The van der Waals surface area contributed by atoms with Gasteiger partial charge in [-0.25, -0.2) is 0 Å². The van der Waals surface area contributed by atoms with Crippen LogP contribution >= 0.6 is 7.60 Å². The summed E-state index contributed by atoms with van der Waals surface area (Å²) in [6, 6.07) is 8.94. The van der Waals surface area contributed by atoms with E-state index in [1.54, 1.807) is 24.3 Å². The molecule has 98 valence electrons. The number of nitrogens with one attached hydrogen (secondary N) is 2. The summed E-state index contributed by atoms with van der Waals surface area (Å²) in [5.74, 6) is 0.272. The normalized spacial score (nSPS) is 10.7. The van der Waals surface area contributed by atoms with Crippen molar-refractivity contribution < 1.29 is 14.4 Å². The predicted molar refractivity (Wildman–Crippen MR) is 68.5 cm³/mol. The van der Waals surface area contributed by atoms with Gasteiger partial charge in [-0.15, -0.1) is 0 Å².